The molecule has 0 amide bonds. The lowest BCUT2D eigenvalue weighted by Gasteiger charge is -2.12. The van der Waals surface area contributed by atoms with Crippen LogP contribution in [0.2, 0.25) is 0 Å². The van der Waals surface area contributed by atoms with E-state index in [2.05, 4.69) is 0 Å². The molecule has 0 aliphatic rings. The van der Waals surface area contributed by atoms with Crippen LogP contribution in [0.4, 0.5) is 15.8 Å². The third-order valence-corrected chi connectivity index (χ3v) is 3.46. The van der Waals surface area contributed by atoms with Gasteiger partial charge in [-0.2, -0.15) is 5.26 Å². The van der Waals surface area contributed by atoms with E-state index < -0.39 is 16.5 Å². The second-order valence-corrected chi connectivity index (χ2v) is 5.41. The standard InChI is InChI=1S/C18H14FN3O3/c1-21(2)16-8-3-12(10-17(16)22(24)25)9-14(11-20)18(23)13-4-6-15(19)7-5-13/h3-10H,1-2H3/b14-9+. The number of nitro benzene ring substituents is 1. The molecule has 7 heteroatoms. The van der Waals surface area contributed by atoms with Crippen LogP contribution in [-0.4, -0.2) is 24.8 Å². The molecule has 2 aromatic rings. The normalized spacial score (nSPS) is 10.9. The lowest BCUT2D eigenvalue weighted by Crippen LogP contribution is -2.11. The Bertz CT molecular complexity index is 897. The Balaban J connectivity index is 2.44. The first kappa shape index (κ1) is 17.8. The maximum Gasteiger partial charge on any atom is 0.293 e. The Morgan fingerprint density at radius 3 is 2.40 bits per heavy atom. The zero-order valence-corrected chi connectivity index (χ0v) is 13.6. The fourth-order valence-corrected chi connectivity index (χ4v) is 2.23. The monoisotopic (exact) mass is 339 g/mol. The minimum Gasteiger partial charge on any atom is -0.372 e. The number of benzene rings is 2. The zero-order valence-electron chi connectivity index (χ0n) is 13.6. The highest BCUT2D eigenvalue weighted by Gasteiger charge is 2.17. The Morgan fingerprint density at radius 1 is 1.24 bits per heavy atom. The van der Waals surface area contributed by atoms with Gasteiger partial charge in [-0.3, -0.25) is 14.9 Å². The average molecular weight is 339 g/mol. The Morgan fingerprint density at radius 2 is 1.88 bits per heavy atom. The first-order chi connectivity index (χ1) is 11.8. The van der Waals surface area contributed by atoms with E-state index in [4.69, 9.17) is 0 Å². The molecule has 0 radical (unpaired) electrons. The lowest BCUT2D eigenvalue weighted by atomic mass is 10.0. The smallest absolute Gasteiger partial charge is 0.293 e. The molecule has 6 nitrogen and oxygen atoms in total. The quantitative estimate of drug-likeness (QED) is 0.273. The minimum atomic E-state index is -0.582. The maximum absolute atomic E-state index is 12.9. The summed E-state index contributed by atoms with van der Waals surface area (Å²) in [6, 6.07) is 11.0. The molecule has 0 bridgehead atoms. The van der Waals surface area contributed by atoms with Gasteiger partial charge < -0.3 is 4.90 Å². The van der Waals surface area contributed by atoms with Gasteiger partial charge in [0.05, 0.1) is 4.92 Å². The number of halogens is 1. The molecule has 126 valence electrons. The second kappa shape index (κ2) is 7.36. The number of nitrogens with zero attached hydrogens (tertiary/aromatic N) is 3. The average Bonchev–Trinajstić information content (AvgIpc) is 2.59. The molecule has 2 rings (SSSR count). The first-order valence-corrected chi connectivity index (χ1v) is 7.21. The predicted molar refractivity (Wildman–Crippen MR) is 91.7 cm³/mol. The van der Waals surface area contributed by atoms with Crippen molar-refractivity contribution in [3.63, 3.8) is 0 Å². The van der Waals surface area contributed by atoms with Crippen molar-refractivity contribution in [2.24, 2.45) is 0 Å². The van der Waals surface area contributed by atoms with Gasteiger partial charge in [0, 0.05) is 25.7 Å². The van der Waals surface area contributed by atoms with E-state index in [1.165, 1.54) is 24.3 Å². The van der Waals surface area contributed by atoms with E-state index in [1.807, 2.05) is 0 Å². The molecular formula is C18H14FN3O3. The number of carbonyl (C=O) groups excluding carboxylic acids is 1. The van der Waals surface area contributed by atoms with Crippen molar-refractivity contribution in [3.05, 3.63) is 75.1 Å². The predicted octanol–water partition coefficient (Wildman–Crippen LogP) is 3.59. The summed E-state index contributed by atoms with van der Waals surface area (Å²) in [7, 11) is 3.35. The number of allylic oxidation sites excluding steroid dienone is 1. The molecule has 25 heavy (non-hydrogen) atoms. The summed E-state index contributed by atoms with van der Waals surface area (Å²) < 4.78 is 12.9. The molecule has 0 saturated heterocycles. The Kier molecular flexibility index (Phi) is 5.25. The fourth-order valence-electron chi connectivity index (χ4n) is 2.23. The lowest BCUT2D eigenvalue weighted by molar-refractivity contribution is -0.384. The number of hydrogen-bond acceptors (Lipinski definition) is 5. The van der Waals surface area contributed by atoms with Crippen LogP contribution < -0.4 is 4.90 Å². The van der Waals surface area contributed by atoms with Crippen molar-refractivity contribution in [3.8, 4) is 6.07 Å². The molecule has 2 aromatic carbocycles. The van der Waals surface area contributed by atoms with Crippen LogP contribution >= 0.6 is 0 Å². The fraction of sp³-hybridized carbons (Fsp3) is 0.111. The number of anilines is 1. The molecule has 0 aromatic heterocycles. The summed E-state index contributed by atoms with van der Waals surface area (Å²) in [6.07, 6.45) is 1.28. The number of hydrogen-bond donors (Lipinski definition) is 0. The van der Waals surface area contributed by atoms with Crippen LogP contribution in [0, 0.1) is 27.3 Å². The van der Waals surface area contributed by atoms with Gasteiger partial charge in [-0.15, -0.1) is 0 Å². The zero-order chi connectivity index (χ0) is 18.6. The van der Waals surface area contributed by atoms with Gasteiger partial charge >= 0.3 is 0 Å². The number of carbonyl (C=O) groups is 1. The largest absolute Gasteiger partial charge is 0.372 e. The van der Waals surface area contributed by atoms with Crippen LogP contribution in [0.25, 0.3) is 6.08 Å². The van der Waals surface area contributed by atoms with Gasteiger partial charge in [0.1, 0.15) is 23.1 Å². The topological polar surface area (TPSA) is 87.2 Å². The molecule has 0 heterocycles. The summed E-state index contributed by atoms with van der Waals surface area (Å²) in [4.78, 5) is 24.6. The summed E-state index contributed by atoms with van der Waals surface area (Å²) in [5, 5.41) is 20.5. The number of nitro groups is 1. The molecular weight excluding hydrogens is 325 g/mol. The highest BCUT2D eigenvalue weighted by atomic mass is 19.1. The summed E-state index contributed by atoms with van der Waals surface area (Å²) in [6.45, 7) is 0. The highest BCUT2D eigenvalue weighted by molar-refractivity contribution is 6.14. The second-order valence-electron chi connectivity index (χ2n) is 5.41. The molecule has 0 unspecified atom stereocenters. The maximum atomic E-state index is 12.9. The van der Waals surface area contributed by atoms with E-state index in [-0.39, 0.29) is 16.8 Å². The third kappa shape index (κ3) is 4.06. The van der Waals surface area contributed by atoms with E-state index >= 15 is 0 Å². The van der Waals surface area contributed by atoms with E-state index in [0.29, 0.717) is 11.3 Å². The molecule has 0 spiro atoms. The Labute approximate surface area is 143 Å². The van der Waals surface area contributed by atoms with Crippen molar-refractivity contribution >= 4 is 23.2 Å². The third-order valence-electron chi connectivity index (χ3n) is 3.46. The number of ketones is 1. The minimum absolute atomic E-state index is 0.134. The Hall–Kier alpha value is -3.53. The number of Topliss-reactive ketones (excluding diaryl/α,β-unsaturated/α-hetero) is 1. The molecule has 0 N–H and O–H groups in total. The molecule has 0 aliphatic heterocycles. The van der Waals surface area contributed by atoms with Gasteiger partial charge in [0.15, 0.2) is 0 Å². The number of rotatable bonds is 5. The van der Waals surface area contributed by atoms with Gasteiger partial charge in [0.25, 0.3) is 5.69 Å². The SMILES string of the molecule is CN(C)c1ccc(/C=C(\C#N)C(=O)c2ccc(F)cc2)cc1[N+](=O)[O-]. The first-order valence-electron chi connectivity index (χ1n) is 7.21. The van der Waals surface area contributed by atoms with Crippen molar-refractivity contribution in [2.45, 2.75) is 0 Å². The van der Waals surface area contributed by atoms with Crippen molar-refractivity contribution in [2.75, 3.05) is 19.0 Å². The van der Waals surface area contributed by atoms with Crippen LogP contribution in [-0.2, 0) is 0 Å². The summed E-state index contributed by atoms with van der Waals surface area (Å²) in [5.41, 5.74) is 0.590. The molecule has 0 saturated carbocycles. The summed E-state index contributed by atoms with van der Waals surface area (Å²) >= 11 is 0. The van der Waals surface area contributed by atoms with Gasteiger partial charge in [-0.1, -0.05) is 6.07 Å². The van der Waals surface area contributed by atoms with E-state index in [9.17, 15) is 24.6 Å². The van der Waals surface area contributed by atoms with Crippen molar-refractivity contribution in [1.29, 1.82) is 5.26 Å². The highest BCUT2D eigenvalue weighted by Crippen LogP contribution is 2.28. The van der Waals surface area contributed by atoms with E-state index in [0.717, 1.165) is 12.1 Å². The molecule has 0 fully saturated rings. The van der Waals surface area contributed by atoms with Crippen molar-refractivity contribution < 1.29 is 14.1 Å². The number of nitriles is 1. The van der Waals surface area contributed by atoms with Gasteiger partial charge in [-0.05, 0) is 42.0 Å². The summed E-state index contributed by atoms with van der Waals surface area (Å²) in [5.74, 6) is -1.07. The van der Waals surface area contributed by atoms with Crippen LogP contribution in [0.15, 0.2) is 48.0 Å². The molecule has 0 aliphatic carbocycles. The van der Waals surface area contributed by atoms with Crippen LogP contribution in [0.5, 0.6) is 0 Å². The van der Waals surface area contributed by atoms with Gasteiger partial charge in [0.2, 0.25) is 5.78 Å². The molecule has 0 atom stereocenters. The van der Waals surface area contributed by atoms with E-state index in [1.54, 1.807) is 37.2 Å². The van der Waals surface area contributed by atoms with Crippen LogP contribution in [0.1, 0.15) is 15.9 Å². The van der Waals surface area contributed by atoms with Crippen LogP contribution in [0.3, 0.4) is 0 Å². The van der Waals surface area contributed by atoms with Gasteiger partial charge in [-0.25, -0.2) is 4.39 Å². The van der Waals surface area contributed by atoms with Crippen molar-refractivity contribution in [1.82, 2.24) is 0 Å².